The highest BCUT2D eigenvalue weighted by atomic mass is 32.2. The second-order valence-electron chi connectivity index (χ2n) is 7.95. The number of carbonyl (C=O) groups excluding carboxylic acids is 1. The number of nitrogens with one attached hydrogen (secondary N) is 2. The Hall–Kier alpha value is -0.950. The fourth-order valence-corrected chi connectivity index (χ4v) is 4.82. The van der Waals surface area contributed by atoms with Crippen molar-refractivity contribution >= 4 is 23.6 Å². The van der Waals surface area contributed by atoms with Crippen LogP contribution in [0.5, 0.6) is 0 Å². The molecule has 0 radical (unpaired) electrons. The van der Waals surface area contributed by atoms with E-state index in [2.05, 4.69) is 42.6 Å². The van der Waals surface area contributed by atoms with Crippen LogP contribution in [0, 0.1) is 5.92 Å². The molecule has 0 spiro atoms. The highest BCUT2D eigenvalue weighted by Gasteiger charge is 2.32. The van der Waals surface area contributed by atoms with Gasteiger partial charge in [-0.25, -0.2) is 0 Å². The highest BCUT2D eigenvalue weighted by Crippen LogP contribution is 2.34. The normalized spacial score (nSPS) is 21.0. The van der Waals surface area contributed by atoms with Gasteiger partial charge in [-0.05, 0) is 51.7 Å². The van der Waals surface area contributed by atoms with E-state index in [1.165, 1.54) is 0 Å². The summed E-state index contributed by atoms with van der Waals surface area (Å²) in [6, 6.07) is 0.378. The number of amides is 1. The summed E-state index contributed by atoms with van der Waals surface area (Å²) in [6.45, 7) is 11.4. The largest absolute Gasteiger partial charge is 0.381 e. The molecule has 2 fully saturated rings. The minimum atomic E-state index is 0.186. The molecule has 0 atom stereocenters. The van der Waals surface area contributed by atoms with Crippen LogP contribution in [0.1, 0.15) is 59.3 Å². The molecule has 0 aliphatic carbocycles. The number of likely N-dealkylation sites (tertiary alicyclic amines) is 1. The van der Waals surface area contributed by atoms with Crippen molar-refractivity contribution in [2.45, 2.75) is 70.1 Å². The molecule has 2 aliphatic rings. The van der Waals surface area contributed by atoms with Crippen molar-refractivity contribution < 1.29 is 9.53 Å². The van der Waals surface area contributed by atoms with Crippen molar-refractivity contribution in [1.82, 2.24) is 15.5 Å². The molecule has 0 unspecified atom stereocenters. The average molecular weight is 413 g/mol. The molecule has 162 valence electrons. The molecule has 7 heteroatoms. The number of hydrogen-bond acceptors (Lipinski definition) is 4. The lowest BCUT2D eigenvalue weighted by molar-refractivity contribution is -0.136. The van der Waals surface area contributed by atoms with Crippen molar-refractivity contribution in [2.24, 2.45) is 10.9 Å². The lowest BCUT2D eigenvalue weighted by Gasteiger charge is -2.36. The summed E-state index contributed by atoms with van der Waals surface area (Å²) in [7, 11) is 0. The molecule has 0 aromatic carbocycles. The van der Waals surface area contributed by atoms with Crippen LogP contribution in [0.4, 0.5) is 0 Å². The average Bonchev–Trinajstić information content (AvgIpc) is 2.74. The lowest BCUT2D eigenvalue weighted by Crippen LogP contribution is -2.51. The summed E-state index contributed by atoms with van der Waals surface area (Å²) in [5.41, 5.74) is 0. The zero-order chi connectivity index (χ0) is 20.4. The van der Waals surface area contributed by atoms with Crippen LogP contribution < -0.4 is 10.6 Å². The quantitative estimate of drug-likeness (QED) is 0.474. The van der Waals surface area contributed by atoms with Crippen LogP contribution >= 0.6 is 11.8 Å². The van der Waals surface area contributed by atoms with E-state index in [0.717, 1.165) is 83.9 Å². The zero-order valence-corrected chi connectivity index (χ0v) is 19.1. The Labute approximate surface area is 175 Å². The Bertz CT molecular complexity index is 497. The number of hydrogen-bond donors (Lipinski definition) is 2. The number of piperidine rings is 1. The number of ether oxygens (including phenoxy) is 1. The summed E-state index contributed by atoms with van der Waals surface area (Å²) in [6.07, 6.45) is 8.16. The predicted molar refractivity (Wildman–Crippen MR) is 119 cm³/mol. The molecule has 28 heavy (non-hydrogen) atoms. The first-order chi connectivity index (χ1) is 13.6. The maximum absolute atomic E-state index is 12.6. The van der Waals surface area contributed by atoms with E-state index in [-0.39, 0.29) is 10.7 Å². The molecule has 2 aliphatic heterocycles. The van der Waals surface area contributed by atoms with Gasteiger partial charge < -0.3 is 20.3 Å². The van der Waals surface area contributed by atoms with E-state index in [0.29, 0.717) is 11.9 Å². The molecule has 0 aromatic heterocycles. The van der Waals surface area contributed by atoms with E-state index in [4.69, 9.17) is 9.73 Å². The van der Waals surface area contributed by atoms with Gasteiger partial charge in [-0.3, -0.25) is 9.79 Å². The fraction of sp³-hybridized carbons (Fsp3) is 0.905. The van der Waals surface area contributed by atoms with Gasteiger partial charge in [-0.2, -0.15) is 11.8 Å². The number of thioether (sulfide) groups is 1. The zero-order valence-electron chi connectivity index (χ0n) is 18.3. The molecular formula is C21H40N4O2S. The van der Waals surface area contributed by atoms with Crippen molar-refractivity contribution in [3.63, 3.8) is 0 Å². The van der Waals surface area contributed by atoms with Gasteiger partial charge in [0.15, 0.2) is 5.96 Å². The third-order valence-corrected chi connectivity index (χ3v) is 7.59. The van der Waals surface area contributed by atoms with E-state index >= 15 is 0 Å². The maximum Gasteiger partial charge on any atom is 0.225 e. The van der Waals surface area contributed by atoms with Gasteiger partial charge in [0, 0.05) is 49.6 Å². The van der Waals surface area contributed by atoms with Gasteiger partial charge >= 0.3 is 0 Å². The number of carbonyl (C=O) groups is 1. The Morgan fingerprint density at radius 1 is 1.21 bits per heavy atom. The van der Waals surface area contributed by atoms with Crippen molar-refractivity contribution in [2.75, 3.05) is 45.6 Å². The van der Waals surface area contributed by atoms with Crippen LogP contribution in [0.25, 0.3) is 0 Å². The van der Waals surface area contributed by atoms with Crippen LogP contribution in [-0.2, 0) is 9.53 Å². The third kappa shape index (κ3) is 6.55. The van der Waals surface area contributed by atoms with E-state index in [9.17, 15) is 4.79 Å². The monoisotopic (exact) mass is 412 g/mol. The predicted octanol–water partition coefficient (Wildman–Crippen LogP) is 2.88. The standard InChI is InChI=1S/C21H40N4O2S/c1-5-17(6-2)19(26)25-12-8-18(9-13-25)24-20(22-7-3)23-16-21(28-4)10-14-27-15-11-21/h17-18H,5-16H2,1-4H3,(H2,22,23,24). The van der Waals surface area contributed by atoms with E-state index in [1.807, 2.05) is 11.8 Å². The van der Waals surface area contributed by atoms with Crippen molar-refractivity contribution in [3.8, 4) is 0 Å². The smallest absolute Gasteiger partial charge is 0.225 e. The van der Waals surface area contributed by atoms with Gasteiger partial charge in [0.2, 0.25) is 5.91 Å². The number of rotatable bonds is 8. The minimum absolute atomic E-state index is 0.186. The van der Waals surface area contributed by atoms with Crippen LogP contribution in [0.2, 0.25) is 0 Å². The SMILES string of the molecule is CCNC(=NCC1(SC)CCOCC1)NC1CCN(C(=O)C(CC)CC)CC1. The van der Waals surface area contributed by atoms with Crippen LogP contribution in [-0.4, -0.2) is 73.2 Å². The molecule has 2 rings (SSSR count). The first kappa shape index (κ1) is 23.3. The summed E-state index contributed by atoms with van der Waals surface area (Å²) < 4.78 is 5.74. The molecule has 0 saturated carbocycles. The molecule has 1 amide bonds. The minimum Gasteiger partial charge on any atom is -0.381 e. The summed E-state index contributed by atoms with van der Waals surface area (Å²) in [4.78, 5) is 19.6. The maximum atomic E-state index is 12.6. The molecule has 0 aromatic rings. The van der Waals surface area contributed by atoms with Crippen molar-refractivity contribution in [1.29, 1.82) is 0 Å². The van der Waals surface area contributed by atoms with Gasteiger partial charge in [0.25, 0.3) is 0 Å². The number of guanidine groups is 1. The Morgan fingerprint density at radius 3 is 2.39 bits per heavy atom. The highest BCUT2D eigenvalue weighted by molar-refractivity contribution is 8.00. The summed E-state index contributed by atoms with van der Waals surface area (Å²) in [5, 5.41) is 7.01. The Balaban J connectivity index is 1.88. The number of nitrogens with zero attached hydrogens (tertiary/aromatic N) is 2. The first-order valence-corrected chi connectivity index (χ1v) is 12.3. The van der Waals surface area contributed by atoms with Gasteiger partial charge in [0.1, 0.15) is 0 Å². The second kappa shape index (κ2) is 11.9. The lowest BCUT2D eigenvalue weighted by atomic mass is 9.98. The van der Waals surface area contributed by atoms with Gasteiger partial charge in [-0.15, -0.1) is 0 Å². The molecule has 2 heterocycles. The first-order valence-electron chi connectivity index (χ1n) is 11.0. The molecule has 0 bridgehead atoms. The molecule has 2 N–H and O–H groups in total. The molecule has 2 saturated heterocycles. The topological polar surface area (TPSA) is 66.0 Å². The number of aliphatic imine (C=N–C) groups is 1. The molecule has 6 nitrogen and oxygen atoms in total. The van der Waals surface area contributed by atoms with E-state index in [1.54, 1.807) is 0 Å². The Morgan fingerprint density at radius 2 is 1.86 bits per heavy atom. The van der Waals surface area contributed by atoms with Crippen molar-refractivity contribution in [3.05, 3.63) is 0 Å². The Kier molecular flexibility index (Phi) is 9.92. The summed E-state index contributed by atoms with van der Waals surface area (Å²) in [5.74, 6) is 1.43. The van der Waals surface area contributed by atoms with Crippen LogP contribution in [0.3, 0.4) is 0 Å². The second-order valence-corrected chi connectivity index (χ2v) is 9.23. The van der Waals surface area contributed by atoms with E-state index < -0.39 is 0 Å². The van der Waals surface area contributed by atoms with Gasteiger partial charge in [0.05, 0.1) is 6.54 Å². The summed E-state index contributed by atoms with van der Waals surface area (Å²) >= 11 is 1.92. The third-order valence-electron chi connectivity index (χ3n) is 6.19. The molecular weight excluding hydrogens is 372 g/mol. The fourth-order valence-electron chi connectivity index (χ4n) is 4.05. The van der Waals surface area contributed by atoms with Crippen LogP contribution in [0.15, 0.2) is 4.99 Å². The van der Waals surface area contributed by atoms with Gasteiger partial charge in [-0.1, -0.05) is 13.8 Å².